The van der Waals surface area contributed by atoms with Crippen LogP contribution in [0.25, 0.3) is 0 Å². The van der Waals surface area contributed by atoms with E-state index in [4.69, 9.17) is 0 Å². The second kappa shape index (κ2) is 4.89. The van der Waals surface area contributed by atoms with Crippen LogP contribution >= 0.6 is 0 Å². The van der Waals surface area contributed by atoms with Crippen molar-refractivity contribution >= 4 is 11.8 Å². The Kier molecular flexibility index (Phi) is 3.20. The van der Waals surface area contributed by atoms with Crippen molar-refractivity contribution in [1.82, 2.24) is 4.90 Å². The first kappa shape index (κ1) is 13.1. The first-order chi connectivity index (χ1) is 9.67. The molecule has 3 nitrogen and oxygen atoms in total. The van der Waals surface area contributed by atoms with Gasteiger partial charge in [0.05, 0.1) is 6.04 Å². The first-order valence-corrected chi connectivity index (χ1v) is 7.34. The number of carbonyl (C=O) groups is 2. The predicted octanol–water partition coefficient (Wildman–Crippen LogP) is 3.11. The average molecular weight is 269 g/mol. The fourth-order valence-corrected chi connectivity index (χ4v) is 3.58. The molecule has 3 rings (SSSR count). The van der Waals surface area contributed by atoms with Crippen molar-refractivity contribution in [3.8, 4) is 0 Å². The van der Waals surface area contributed by atoms with Crippen molar-refractivity contribution in [1.29, 1.82) is 0 Å². The second-order valence-electron chi connectivity index (χ2n) is 5.51. The van der Waals surface area contributed by atoms with Crippen molar-refractivity contribution in [2.75, 3.05) is 0 Å². The highest BCUT2D eigenvalue weighted by Gasteiger charge is 2.40. The lowest BCUT2D eigenvalue weighted by atomic mass is 9.93. The van der Waals surface area contributed by atoms with Gasteiger partial charge in [-0.05, 0) is 41.9 Å². The molecule has 1 aliphatic carbocycles. The highest BCUT2D eigenvalue weighted by molar-refractivity contribution is 6.13. The molecule has 0 radical (unpaired) electrons. The van der Waals surface area contributed by atoms with E-state index in [1.807, 2.05) is 6.07 Å². The maximum absolute atomic E-state index is 11.9. The van der Waals surface area contributed by atoms with Crippen LogP contribution in [0, 0.1) is 0 Å². The summed E-state index contributed by atoms with van der Waals surface area (Å²) in [5, 5.41) is 0. The van der Waals surface area contributed by atoms with E-state index in [9.17, 15) is 9.59 Å². The van der Waals surface area contributed by atoms with Gasteiger partial charge < -0.3 is 0 Å². The number of hydrogen-bond acceptors (Lipinski definition) is 2. The van der Waals surface area contributed by atoms with Crippen LogP contribution in [0.5, 0.6) is 0 Å². The lowest BCUT2D eigenvalue weighted by Crippen LogP contribution is -2.33. The van der Waals surface area contributed by atoms with Gasteiger partial charge in [0.1, 0.15) is 0 Å². The summed E-state index contributed by atoms with van der Waals surface area (Å²) >= 11 is 0. The van der Waals surface area contributed by atoms with Gasteiger partial charge >= 0.3 is 0 Å². The van der Waals surface area contributed by atoms with Crippen LogP contribution in [0.3, 0.4) is 0 Å². The highest BCUT2D eigenvalue weighted by atomic mass is 16.2. The summed E-state index contributed by atoms with van der Waals surface area (Å²) in [7, 11) is 0. The number of amides is 2. The quantitative estimate of drug-likeness (QED) is 0.791. The largest absolute Gasteiger partial charge is 0.269 e. The molecule has 2 aliphatic rings. The number of hydrogen-bond donors (Lipinski definition) is 0. The topological polar surface area (TPSA) is 37.4 Å². The summed E-state index contributed by atoms with van der Waals surface area (Å²) in [6.07, 6.45) is 5.66. The number of imide groups is 1. The van der Waals surface area contributed by atoms with Crippen molar-refractivity contribution in [3.63, 3.8) is 0 Å². The predicted molar refractivity (Wildman–Crippen MR) is 77.2 cm³/mol. The van der Waals surface area contributed by atoms with Gasteiger partial charge in [0.2, 0.25) is 0 Å². The Balaban J connectivity index is 2.06. The Morgan fingerprint density at radius 3 is 2.45 bits per heavy atom. The monoisotopic (exact) mass is 269 g/mol. The fourth-order valence-electron chi connectivity index (χ4n) is 3.58. The average Bonchev–Trinajstić information content (AvgIpc) is 2.99. The lowest BCUT2D eigenvalue weighted by Gasteiger charge is -2.23. The molecule has 0 unspecified atom stereocenters. The first-order valence-electron chi connectivity index (χ1n) is 7.34. The van der Waals surface area contributed by atoms with Crippen molar-refractivity contribution in [2.45, 2.75) is 45.1 Å². The minimum Gasteiger partial charge on any atom is -0.269 e. The van der Waals surface area contributed by atoms with Gasteiger partial charge in [0.25, 0.3) is 11.8 Å². The second-order valence-corrected chi connectivity index (χ2v) is 5.51. The van der Waals surface area contributed by atoms with Crippen LogP contribution in [0.15, 0.2) is 30.4 Å². The molecule has 0 saturated carbocycles. The van der Waals surface area contributed by atoms with Crippen LogP contribution in [0.4, 0.5) is 0 Å². The summed E-state index contributed by atoms with van der Waals surface area (Å²) in [5.74, 6) is 0.0987. The van der Waals surface area contributed by atoms with Gasteiger partial charge in [0, 0.05) is 12.2 Å². The van der Waals surface area contributed by atoms with Crippen molar-refractivity contribution in [3.05, 3.63) is 47.0 Å². The molecule has 0 fully saturated rings. The standard InChI is InChI=1S/C17H19NO2/c1-3-11-6-5-7-13-14(10-12(4-2)17(11)13)18-15(19)8-9-16(18)20/h5-9,12,14H,3-4,10H2,1-2H3/t12-,14-/m0/s1. The third kappa shape index (κ3) is 1.80. The third-order valence-electron chi connectivity index (χ3n) is 4.53. The number of rotatable bonds is 3. The minimum absolute atomic E-state index is 0.0866. The summed E-state index contributed by atoms with van der Waals surface area (Å²) in [4.78, 5) is 25.3. The smallest absolute Gasteiger partial charge is 0.254 e. The molecule has 1 aromatic rings. The summed E-state index contributed by atoms with van der Waals surface area (Å²) in [6, 6.07) is 6.20. The van der Waals surface area contributed by atoms with E-state index < -0.39 is 0 Å². The summed E-state index contributed by atoms with van der Waals surface area (Å²) in [5.41, 5.74) is 3.89. The molecule has 0 N–H and O–H groups in total. The molecule has 0 spiro atoms. The molecule has 0 aromatic heterocycles. The van der Waals surface area contributed by atoms with Crippen LogP contribution in [0.2, 0.25) is 0 Å². The zero-order chi connectivity index (χ0) is 14.3. The zero-order valence-corrected chi connectivity index (χ0v) is 11.9. The number of nitrogens with zero attached hydrogens (tertiary/aromatic N) is 1. The zero-order valence-electron chi connectivity index (χ0n) is 11.9. The Hall–Kier alpha value is -1.90. The van der Waals surface area contributed by atoms with Crippen LogP contribution in [-0.4, -0.2) is 16.7 Å². The number of aryl methyl sites for hydroxylation is 1. The maximum atomic E-state index is 11.9. The van der Waals surface area contributed by atoms with Gasteiger partial charge in [0.15, 0.2) is 0 Å². The molecule has 2 amide bonds. The van der Waals surface area contributed by atoms with E-state index in [0.717, 1.165) is 19.3 Å². The van der Waals surface area contributed by atoms with E-state index in [0.29, 0.717) is 5.92 Å². The Bertz CT molecular complexity index is 585. The SMILES string of the molecule is CCc1cccc2c1[C@@H](CC)C[C@@H]2N1C(=O)C=CC1=O. The molecule has 3 heteroatoms. The molecular weight excluding hydrogens is 250 g/mol. The summed E-state index contributed by atoms with van der Waals surface area (Å²) < 4.78 is 0. The molecular formula is C17H19NO2. The van der Waals surface area contributed by atoms with Gasteiger partial charge in [-0.3, -0.25) is 14.5 Å². The summed E-state index contributed by atoms with van der Waals surface area (Å²) in [6.45, 7) is 4.33. The van der Waals surface area contributed by atoms with Crippen LogP contribution in [-0.2, 0) is 16.0 Å². The highest BCUT2D eigenvalue weighted by Crippen LogP contribution is 2.47. The minimum atomic E-state index is -0.176. The third-order valence-corrected chi connectivity index (χ3v) is 4.53. The molecule has 2 atom stereocenters. The van der Waals surface area contributed by atoms with E-state index in [2.05, 4.69) is 26.0 Å². The Labute approximate surface area is 119 Å². The number of fused-ring (bicyclic) bond motifs is 1. The Morgan fingerprint density at radius 1 is 1.15 bits per heavy atom. The molecule has 104 valence electrons. The number of carbonyl (C=O) groups excluding carboxylic acids is 2. The van der Waals surface area contributed by atoms with Gasteiger partial charge in [-0.1, -0.05) is 32.0 Å². The van der Waals surface area contributed by atoms with Crippen molar-refractivity contribution < 1.29 is 9.59 Å². The fraction of sp³-hybridized carbons (Fsp3) is 0.412. The molecule has 20 heavy (non-hydrogen) atoms. The van der Waals surface area contributed by atoms with E-state index >= 15 is 0 Å². The normalized spacial score (nSPS) is 24.6. The Morgan fingerprint density at radius 2 is 1.85 bits per heavy atom. The van der Waals surface area contributed by atoms with E-state index in [1.54, 1.807) is 0 Å². The molecule has 0 bridgehead atoms. The number of benzene rings is 1. The van der Waals surface area contributed by atoms with Crippen molar-refractivity contribution in [2.24, 2.45) is 0 Å². The van der Waals surface area contributed by atoms with Crippen LogP contribution in [0.1, 0.15) is 55.3 Å². The van der Waals surface area contributed by atoms with E-state index in [-0.39, 0.29) is 17.9 Å². The lowest BCUT2D eigenvalue weighted by molar-refractivity contribution is -0.139. The molecule has 1 aliphatic heterocycles. The van der Waals surface area contributed by atoms with Crippen LogP contribution < -0.4 is 0 Å². The maximum Gasteiger partial charge on any atom is 0.254 e. The van der Waals surface area contributed by atoms with Gasteiger partial charge in [-0.15, -0.1) is 0 Å². The molecule has 1 aromatic carbocycles. The molecule has 0 saturated heterocycles. The molecule has 1 heterocycles. The van der Waals surface area contributed by atoms with Gasteiger partial charge in [-0.2, -0.15) is 0 Å². The van der Waals surface area contributed by atoms with Gasteiger partial charge in [-0.25, -0.2) is 0 Å². The van der Waals surface area contributed by atoms with E-state index in [1.165, 1.54) is 33.7 Å².